The van der Waals surface area contributed by atoms with Gasteiger partial charge in [-0.05, 0) is 23.8 Å². The van der Waals surface area contributed by atoms with E-state index in [0.717, 1.165) is 5.56 Å². The lowest BCUT2D eigenvalue weighted by Crippen LogP contribution is -2.32. The van der Waals surface area contributed by atoms with Crippen LogP contribution in [0.1, 0.15) is 12.0 Å². The number of anilines is 1. The molecule has 1 atom stereocenters. The number of carbonyl (C=O) groups excluding carboxylic acids is 2. The zero-order chi connectivity index (χ0) is 18.0. The summed E-state index contributed by atoms with van der Waals surface area (Å²) >= 11 is 18.3. The highest BCUT2D eigenvalue weighted by molar-refractivity contribution is 6.44. The predicted octanol–water partition coefficient (Wildman–Crippen LogP) is 4.32. The van der Waals surface area contributed by atoms with Gasteiger partial charge in [0.25, 0.3) is 0 Å². The normalized spacial score (nSPS) is 17.0. The van der Waals surface area contributed by atoms with Crippen molar-refractivity contribution in [3.05, 3.63) is 63.1 Å². The van der Waals surface area contributed by atoms with Crippen LogP contribution in [0.5, 0.6) is 0 Å². The zero-order valence-corrected chi connectivity index (χ0v) is 15.4. The van der Waals surface area contributed by atoms with Crippen molar-refractivity contribution in [3.63, 3.8) is 0 Å². The molecule has 7 heteroatoms. The maximum Gasteiger partial charge on any atom is 0.227 e. The van der Waals surface area contributed by atoms with E-state index >= 15 is 0 Å². The van der Waals surface area contributed by atoms with Crippen molar-refractivity contribution in [3.8, 4) is 0 Å². The van der Waals surface area contributed by atoms with Crippen molar-refractivity contribution in [2.24, 2.45) is 5.92 Å². The number of benzene rings is 2. The zero-order valence-electron chi connectivity index (χ0n) is 13.1. The standard InChI is InChI=1S/C18H15Cl3N2O2/c19-13-5-2-1-4-11(13)9-22-18(25)12-8-16(24)23(10-12)15-7-3-6-14(20)17(15)21/h1-7,12H,8-10H2,(H,22,25). The molecule has 2 amide bonds. The molecule has 3 rings (SSSR count). The highest BCUT2D eigenvalue weighted by Gasteiger charge is 2.36. The van der Waals surface area contributed by atoms with Crippen molar-refractivity contribution in [2.75, 3.05) is 11.4 Å². The largest absolute Gasteiger partial charge is 0.352 e. The minimum absolute atomic E-state index is 0.136. The van der Waals surface area contributed by atoms with Crippen LogP contribution in [0.4, 0.5) is 5.69 Å². The third-order valence-corrected chi connectivity index (χ3v) is 5.31. The molecule has 0 spiro atoms. The summed E-state index contributed by atoms with van der Waals surface area (Å²) in [5.41, 5.74) is 1.36. The number of rotatable bonds is 4. The molecule has 4 nitrogen and oxygen atoms in total. The van der Waals surface area contributed by atoms with Gasteiger partial charge in [-0.25, -0.2) is 0 Å². The summed E-state index contributed by atoms with van der Waals surface area (Å²) in [7, 11) is 0. The fourth-order valence-electron chi connectivity index (χ4n) is 2.79. The van der Waals surface area contributed by atoms with Gasteiger partial charge in [0.05, 0.1) is 21.7 Å². The number of halogens is 3. The third kappa shape index (κ3) is 3.92. The molecule has 1 fully saturated rings. The maximum atomic E-state index is 12.4. The summed E-state index contributed by atoms with van der Waals surface area (Å²) in [5.74, 6) is -0.777. The Bertz CT molecular complexity index is 826. The van der Waals surface area contributed by atoms with E-state index in [0.29, 0.717) is 27.3 Å². The van der Waals surface area contributed by atoms with Crippen LogP contribution >= 0.6 is 34.8 Å². The van der Waals surface area contributed by atoms with Crippen molar-refractivity contribution in [1.82, 2.24) is 5.32 Å². The summed E-state index contributed by atoms with van der Waals surface area (Å²) in [4.78, 5) is 26.2. The summed E-state index contributed by atoms with van der Waals surface area (Å²) in [6.07, 6.45) is 0.136. The second-order valence-electron chi connectivity index (χ2n) is 5.79. The van der Waals surface area contributed by atoms with Gasteiger partial charge in [0.1, 0.15) is 0 Å². The van der Waals surface area contributed by atoms with Crippen LogP contribution in [-0.2, 0) is 16.1 Å². The average molecular weight is 398 g/mol. The molecule has 0 aliphatic carbocycles. The summed E-state index contributed by atoms with van der Waals surface area (Å²) in [5, 5.41) is 4.12. The molecular weight excluding hydrogens is 383 g/mol. The Morgan fingerprint density at radius 1 is 1.08 bits per heavy atom. The van der Waals surface area contributed by atoms with E-state index in [4.69, 9.17) is 34.8 Å². The molecule has 0 radical (unpaired) electrons. The molecule has 0 saturated carbocycles. The molecule has 1 aliphatic rings. The predicted molar refractivity (Wildman–Crippen MR) is 100 cm³/mol. The summed E-state index contributed by atoms with van der Waals surface area (Å²) in [6, 6.07) is 12.4. The molecule has 25 heavy (non-hydrogen) atoms. The molecule has 1 N–H and O–H groups in total. The van der Waals surface area contributed by atoms with Crippen LogP contribution in [0.25, 0.3) is 0 Å². The van der Waals surface area contributed by atoms with Crippen LogP contribution in [-0.4, -0.2) is 18.4 Å². The minimum Gasteiger partial charge on any atom is -0.352 e. The lowest BCUT2D eigenvalue weighted by Gasteiger charge is -2.18. The number of carbonyl (C=O) groups is 2. The van der Waals surface area contributed by atoms with E-state index in [-0.39, 0.29) is 24.8 Å². The molecule has 1 aliphatic heterocycles. The van der Waals surface area contributed by atoms with Crippen LogP contribution < -0.4 is 10.2 Å². The van der Waals surface area contributed by atoms with Gasteiger partial charge in [0.15, 0.2) is 0 Å². The summed E-state index contributed by atoms with van der Waals surface area (Å²) in [6.45, 7) is 0.592. The number of nitrogens with one attached hydrogen (secondary N) is 1. The molecular formula is C18H15Cl3N2O2. The lowest BCUT2D eigenvalue weighted by molar-refractivity contribution is -0.126. The highest BCUT2D eigenvalue weighted by Crippen LogP contribution is 2.35. The second-order valence-corrected chi connectivity index (χ2v) is 6.98. The Kier molecular flexibility index (Phi) is 5.52. The Balaban J connectivity index is 1.67. The number of hydrogen-bond acceptors (Lipinski definition) is 2. The average Bonchev–Trinajstić information content (AvgIpc) is 2.98. The van der Waals surface area contributed by atoms with E-state index in [2.05, 4.69) is 5.32 Å². The fraction of sp³-hybridized carbons (Fsp3) is 0.222. The van der Waals surface area contributed by atoms with Crippen LogP contribution in [0.3, 0.4) is 0 Å². The van der Waals surface area contributed by atoms with E-state index in [9.17, 15) is 9.59 Å². The summed E-state index contributed by atoms with van der Waals surface area (Å²) < 4.78 is 0. The first-order chi connectivity index (χ1) is 12.0. The van der Waals surface area contributed by atoms with Gasteiger partial charge in [-0.3, -0.25) is 9.59 Å². The van der Waals surface area contributed by atoms with Gasteiger partial charge in [-0.15, -0.1) is 0 Å². The molecule has 0 aromatic heterocycles. The van der Waals surface area contributed by atoms with Crippen molar-refractivity contribution in [2.45, 2.75) is 13.0 Å². The molecule has 130 valence electrons. The van der Waals surface area contributed by atoms with Gasteiger partial charge in [-0.2, -0.15) is 0 Å². The molecule has 0 bridgehead atoms. The Labute approximate surface area is 160 Å². The van der Waals surface area contributed by atoms with E-state index in [1.54, 1.807) is 24.3 Å². The van der Waals surface area contributed by atoms with Gasteiger partial charge in [-0.1, -0.05) is 59.1 Å². The molecule has 2 aromatic rings. The third-order valence-electron chi connectivity index (χ3n) is 4.13. The van der Waals surface area contributed by atoms with Crippen LogP contribution in [0.15, 0.2) is 42.5 Å². The maximum absolute atomic E-state index is 12.4. The highest BCUT2D eigenvalue weighted by atomic mass is 35.5. The molecule has 2 aromatic carbocycles. The number of amides is 2. The van der Waals surface area contributed by atoms with Crippen LogP contribution in [0.2, 0.25) is 15.1 Å². The van der Waals surface area contributed by atoms with Gasteiger partial charge >= 0.3 is 0 Å². The van der Waals surface area contributed by atoms with Gasteiger partial charge < -0.3 is 10.2 Å². The first kappa shape index (κ1) is 18.1. The minimum atomic E-state index is -0.440. The van der Waals surface area contributed by atoms with Crippen molar-refractivity contribution >= 4 is 52.3 Å². The Hall–Kier alpha value is -1.75. The van der Waals surface area contributed by atoms with E-state index < -0.39 is 5.92 Å². The monoisotopic (exact) mass is 396 g/mol. The first-order valence-corrected chi connectivity index (χ1v) is 8.86. The van der Waals surface area contributed by atoms with Crippen molar-refractivity contribution < 1.29 is 9.59 Å². The lowest BCUT2D eigenvalue weighted by atomic mass is 10.1. The number of hydrogen-bond donors (Lipinski definition) is 1. The Morgan fingerprint density at radius 2 is 1.80 bits per heavy atom. The van der Waals surface area contributed by atoms with Gasteiger partial charge in [0, 0.05) is 24.5 Å². The van der Waals surface area contributed by atoms with E-state index in [1.165, 1.54) is 4.90 Å². The topological polar surface area (TPSA) is 49.4 Å². The van der Waals surface area contributed by atoms with E-state index in [1.807, 2.05) is 18.2 Å². The Morgan fingerprint density at radius 3 is 2.56 bits per heavy atom. The quantitative estimate of drug-likeness (QED) is 0.835. The molecule has 1 unspecified atom stereocenters. The molecule has 1 heterocycles. The fourth-order valence-corrected chi connectivity index (χ4v) is 3.39. The number of nitrogens with zero attached hydrogens (tertiary/aromatic N) is 1. The smallest absolute Gasteiger partial charge is 0.227 e. The van der Waals surface area contributed by atoms with Crippen LogP contribution in [0, 0.1) is 5.92 Å². The van der Waals surface area contributed by atoms with Crippen molar-refractivity contribution in [1.29, 1.82) is 0 Å². The second kappa shape index (κ2) is 7.65. The molecule has 1 saturated heterocycles. The first-order valence-electron chi connectivity index (χ1n) is 7.73. The SMILES string of the molecule is O=C(NCc1ccccc1Cl)C1CC(=O)N(c2cccc(Cl)c2Cl)C1. The van der Waals surface area contributed by atoms with Gasteiger partial charge in [0.2, 0.25) is 11.8 Å².